The van der Waals surface area contributed by atoms with Crippen molar-refractivity contribution in [2.75, 3.05) is 0 Å². The highest BCUT2D eigenvalue weighted by molar-refractivity contribution is 5.91. The fourth-order valence-electron chi connectivity index (χ4n) is 4.69. The number of carboxylic acids is 1. The first-order chi connectivity index (χ1) is 16.2. The Morgan fingerprint density at radius 1 is 1.29 bits per heavy atom. The number of hydrogen-bond acceptors (Lipinski definition) is 7. The predicted octanol–water partition coefficient (Wildman–Crippen LogP) is 4.46. The van der Waals surface area contributed by atoms with Crippen LogP contribution < -0.4 is 4.74 Å². The molecule has 34 heavy (non-hydrogen) atoms. The molecule has 0 aliphatic heterocycles. The molecule has 0 spiro atoms. The lowest BCUT2D eigenvalue weighted by Gasteiger charge is -2.31. The smallest absolute Gasteiger partial charge is 0.385 e. The molecule has 0 bridgehead atoms. The molecule has 10 nitrogen and oxygen atoms in total. The number of imidazole rings is 1. The predicted molar refractivity (Wildman–Crippen MR) is 118 cm³/mol. The summed E-state index contributed by atoms with van der Waals surface area (Å²) in [6, 6.07) is 6.52. The van der Waals surface area contributed by atoms with Gasteiger partial charge in [-0.15, -0.1) is 0 Å². The number of aliphatic carboxylic acids is 1. The number of hydrogen-bond donors (Lipinski definition) is 2. The van der Waals surface area contributed by atoms with Crippen LogP contribution in [0.4, 0.5) is 10.2 Å². The van der Waals surface area contributed by atoms with Crippen molar-refractivity contribution in [2.45, 2.75) is 50.9 Å². The average Bonchev–Trinajstić information content (AvgIpc) is 3.21. The molecule has 1 unspecified atom stereocenters. The highest BCUT2D eigenvalue weighted by Crippen LogP contribution is 2.43. The molecule has 1 fully saturated rings. The van der Waals surface area contributed by atoms with Gasteiger partial charge in [-0.25, -0.2) is 9.37 Å². The van der Waals surface area contributed by atoms with Gasteiger partial charge in [0.05, 0.1) is 5.52 Å². The van der Waals surface area contributed by atoms with Crippen molar-refractivity contribution in [3.63, 3.8) is 0 Å². The summed E-state index contributed by atoms with van der Waals surface area (Å²) >= 11 is 0. The number of nitrogens with zero attached hydrogens (tertiary/aromatic N) is 3. The maximum Gasteiger partial charge on any atom is 0.385 e. The molecule has 1 saturated carbocycles. The molecule has 1 aromatic carbocycles. The summed E-state index contributed by atoms with van der Waals surface area (Å²) in [6.45, 7) is 1.90. The number of fused-ring (bicyclic) bond motifs is 1. The van der Waals surface area contributed by atoms with Gasteiger partial charge in [0.1, 0.15) is 12.2 Å². The summed E-state index contributed by atoms with van der Waals surface area (Å²) in [5, 5.41) is 20.9. The molecule has 1 aliphatic carbocycles. The second-order valence-corrected chi connectivity index (χ2v) is 8.54. The SMILES string of the molecule is CC(c1nc(OC(=O)CC(=O)O)c([N+](=O)[O-])[nH]1)C1CCC(c2ccnc3ccc(F)cc23)CC1. The van der Waals surface area contributed by atoms with Crippen LogP contribution in [0.15, 0.2) is 30.5 Å². The van der Waals surface area contributed by atoms with Crippen LogP contribution in [-0.2, 0) is 9.59 Å². The molecule has 1 aliphatic rings. The summed E-state index contributed by atoms with van der Waals surface area (Å²) in [5.74, 6) is -3.41. The van der Waals surface area contributed by atoms with Gasteiger partial charge in [-0.2, -0.15) is 4.98 Å². The number of H-pyrrole nitrogens is 1. The topological polar surface area (TPSA) is 148 Å². The van der Waals surface area contributed by atoms with Gasteiger partial charge in [0, 0.05) is 17.5 Å². The Bertz CT molecular complexity index is 1250. The summed E-state index contributed by atoms with van der Waals surface area (Å²) in [4.78, 5) is 44.0. The first-order valence-electron chi connectivity index (χ1n) is 10.9. The van der Waals surface area contributed by atoms with Gasteiger partial charge in [-0.1, -0.05) is 6.92 Å². The van der Waals surface area contributed by atoms with Crippen LogP contribution in [0.1, 0.15) is 62.3 Å². The van der Waals surface area contributed by atoms with Crippen molar-refractivity contribution < 1.29 is 28.7 Å². The molecule has 0 radical (unpaired) electrons. The number of carbonyl (C=O) groups is 2. The molecular formula is C23H23FN4O6. The third-order valence-corrected chi connectivity index (χ3v) is 6.45. The summed E-state index contributed by atoms with van der Waals surface area (Å²) in [6.07, 6.45) is 4.18. The number of halogens is 1. The van der Waals surface area contributed by atoms with Gasteiger partial charge in [-0.3, -0.25) is 14.6 Å². The third-order valence-electron chi connectivity index (χ3n) is 6.45. The number of aromatic amines is 1. The van der Waals surface area contributed by atoms with E-state index in [1.165, 1.54) is 12.1 Å². The second-order valence-electron chi connectivity index (χ2n) is 8.54. The highest BCUT2D eigenvalue weighted by atomic mass is 19.1. The number of aromatic nitrogens is 3. The van der Waals surface area contributed by atoms with E-state index in [2.05, 4.69) is 15.0 Å². The normalized spacial score (nSPS) is 19.0. The van der Waals surface area contributed by atoms with E-state index in [0.717, 1.165) is 42.1 Å². The van der Waals surface area contributed by atoms with Gasteiger partial charge in [0.15, 0.2) is 0 Å². The van der Waals surface area contributed by atoms with Gasteiger partial charge in [0.2, 0.25) is 5.82 Å². The highest BCUT2D eigenvalue weighted by Gasteiger charge is 2.33. The van der Waals surface area contributed by atoms with E-state index in [1.807, 2.05) is 13.0 Å². The van der Waals surface area contributed by atoms with Crippen molar-refractivity contribution in [1.29, 1.82) is 0 Å². The summed E-state index contributed by atoms with van der Waals surface area (Å²) in [5.41, 5.74) is 1.82. The van der Waals surface area contributed by atoms with Crippen molar-refractivity contribution in [2.24, 2.45) is 5.92 Å². The monoisotopic (exact) mass is 470 g/mol. The molecular weight excluding hydrogens is 447 g/mol. The van der Waals surface area contributed by atoms with Crippen molar-refractivity contribution in [3.05, 3.63) is 57.8 Å². The Labute approximate surface area is 193 Å². The van der Waals surface area contributed by atoms with Crippen LogP contribution in [0.5, 0.6) is 5.88 Å². The number of rotatable bonds is 7. The number of benzene rings is 1. The summed E-state index contributed by atoms with van der Waals surface area (Å²) < 4.78 is 18.6. The zero-order valence-corrected chi connectivity index (χ0v) is 18.4. The van der Waals surface area contributed by atoms with Crippen molar-refractivity contribution in [1.82, 2.24) is 15.0 Å². The number of carbonyl (C=O) groups excluding carboxylic acids is 1. The van der Waals surface area contributed by atoms with Crippen LogP contribution in [-0.4, -0.2) is 36.9 Å². The number of carboxylic acid groups (broad SMARTS) is 1. The fraction of sp³-hybridized carbons (Fsp3) is 0.391. The molecule has 0 saturated heterocycles. The number of nitrogens with one attached hydrogen (secondary N) is 1. The lowest BCUT2D eigenvalue weighted by molar-refractivity contribution is -0.390. The molecule has 11 heteroatoms. The van der Waals surface area contributed by atoms with E-state index in [0.29, 0.717) is 5.82 Å². The van der Waals surface area contributed by atoms with Gasteiger partial charge in [0.25, 0.3) is 0 Å². The van der Waals surface area contributed by atoms with Crippen molar-refractivity contribution >= 4 is 28.7 Å². The molecule has 3 aromatic rings. The second kappa shape index (κ2) is 9.54. The van der Waals surface area contributed by atoms with Gasteiger partial charge >= 0.3 is 23.6 Å². The number of pyridine rings is 1. The van der Waals surface area contributed by atoms with Gasteiger partial charge in [-0.05, 0) is 72.3 Å². The number of esters is 1. The number of ether oxygens (including phenoxy) is 1. The lowest BCUT2D eigenvalue weighted by atomic mass is 9.73. The Hall–Kier alpha value is -3.89. The minimum Gasteiger partial charge on any atom is -0.481 e. The van der Waals surface area contributed by atoms with Crippen LogP contribution in [0.2, 0.25) is 0 Å². The maximum absolute atomic E-state index is 13.8. The third kappa shape index (κ3) is 4.87. The molecule has 2 aromatic heterocycles. The quantitative estimate of drug-likeness (QED) is 0.222. The molecule has 2 N–H and O–H groups in total. The average molecular weight is 470 g/mol. The molecule has 0 amide bonds. The lowest BCUT2D eigenvalue weighted by Crippen LogP contribution is -2.19. The Morgan fingerprint density at radius 2 is 2.03 bits per heavy atom. The van der Waals surface area contributed by atoms with Crippen LogP contribution in [0.25, 0.3) is 10.9 Å². The Morgan fingerprint density at radius 3 is 2.71 bits per heavy atom. The van der Waals surface area contributed by atoms with Crippen LogP contribution in [0.3, 0.4) is 0 Å². The van der Waals surface area contributed by atoms with E-state index in [9.17, 15) is 24.1 Å². The molecule has 178 valence electrons. The zero-order valence-electron chi connectivity index (χ0n) is 18.4. The maximum atomic E-state index is 13.8. The first kappa shape index (κ1) is 23.3. The minimum absolute atomic E-state index is 0.175. The van der Waals surface area contributed by atoms with Crippen LogP contribution in [0, 0.1) is 21.8 Å². The largest absolute Gasteiger partial charge is 0.481 e. The standard InChI is InChI=1S/C23H23FN4O6/c1-12(21-26-22(28(32)33)23(27-21)34-20(31)11-19(29)30)13-2-4-14(5-3-13)16-8-9-25-18-7-6-15(24)10-17(16)18/h6-10,12-14H,2-5,11H2,1H3,(H,26,27)(H,29,30). The van der Waals surface area contributed by atoms with E-state index >= 15 is 0 Å². The Balaban J connectivity index is 1.47. The molecule has 1 atom stereocenters. The Kier molecular flexibility index (Phi) is 6.53. The summed E-state index contributed by atoms with van der Waals surface area (Å²) in [7, 11) is 0. The first-order valence-corrected chi connectivity index (χ1v) is 10.9. The zero-order chi connectivity index (χ0) is 24.4. The van der Waals surface area contributed by atoms with E-state index in [4.69, 9.17) is 9.84 Å². The van der Waals surface area contributed by atoms with E-state index in [-0.39, 0.29) is 23.6 Å². The molecule has 2 heterocycles. The fourth-order valence-corrected chi connectivity index (χ4v) is 4.69. The van der Waals surface area contributed by atoms with Crippen molar-refractivity contribution in [3.8, 4) is 5.88 Å². The molecule has 4 rings (SSSR count). The van der Waals surface area contributed by atoms with Crippen LogP contribution >= 0.6 is 0 Å². The van der Waals surface area contributed by atoms with E-state index < -0.39 is 35.0 Å². The van der Waals surface area contributed by atoms with E-state index in [1.54, 1.807) is 12.3 Å². The number of nitro groups is 1. The minimum atomic E-state index is -1.40. The van der Waals surface area contributed by atoms with Gasteiger partial charge < -0.3 is 20.0 Å².